The Morgan fingerprint density at radius 2 is 1.93 bits per heavy atom. The Bertz CT molecular complexity index is 308. The van der Waals surface area contributed by atoms with E-state index in [0.717, 1.165) is 18.8 Å². The summed E-state index contributed by atoms with van der Waals surface area (Å²) >= 11 is 0. The molecule has 0 aromatic heterocycles. The SMILES string of the molecule is CN(C)CCNc1ccc(C#N)cc1. The molecule has 1 aromatic rings. The molecule has 1 rings (SSSR count). The minimum atomic E-state index is 0.697. The number of nitrogens with one attached hydrogen (secondary N) is 1. The van der Waals surface area contributed by atoms with Crippen LogP contribution in [0.1, 0.15) is 5.56 Å². The van der Waals surface area contributed by atoms with Gasteiger partial charge in [0, 0.05) is 18.8 Å². The molecule has 0 spiro atoms. The molecule has 0 bridgehead atoms. The molecular weight excluding hydrogens is 174 g/mol. The number of benzene rings is 1. The van der Waals surface area contributed by atoms with E-state index in [1.165, 1.54) is 0 Å². The summed E-state index contributed by atoms with van der Waals surface area (Å²) in [7, 11) is 4.08. The smallest absolute Gasteiger partial charge is 0.0991 e. The van der Waals surface area contributed by atoms with Gasteiger partial charge in [0.25, 0.3) is 0 Å². The van der Waals surface area contributed by atoms with Gasteiger partial charge in [0.05, 0.1) is 11.6 Å². The van der Waals surface area contributed by atoms with Gasteiger partial charge in [-0.25, -0.2) is 0 Å². The molecule has 0 saturated heterocycles. The monoisotopic (exact) mass is 189 g/mol. The van der Waals surface area contributed by atoms with E-state index in [1.54, 1.807) is 0 Å². The third-order valence-corrected chi connectivity index (χ3v) is 1.90. The lowest BCUT2D eigenvalue weighted by Gasteiger charge is -2.11. The molecule has 0 heterocycles. The molecule has 74 valence electrons. The molecule has 0 aliphatic carbocycles. The van der Waals surface area contributed by atoms with E-state index in [9.17, 15) is 0 Å². The lowest BCUT2D eigenvalue weighted by molar-refractivity contribution is 0.425. The second-order valence-corrected chi connectivity index (χ2v) is 3.42. The molecule has 1 aromatic carbocycles. The van der Waals surface area contributed by atoms with Gasteiger partial charge in [-0.3, -0.25) is 0 Å². The van der Waals surface area contributed by atoms with Crippen LogP contribution in [0.3, 0.4) is 0 Å². The van der Waals surface area contributed by atoms with Crippen LogP contribution in [0, 0.1) is 11.3 Å². The summed E-state index contributed by atoms with van der Waals surface area (Å²) in [5.41, 5.74) is 1.76. The summed E-state index contributed by atoms with van der Waals surface area (Å²) < 4.78 is 0. The van der Waals surface area contributed by atoms with Gasteiger partial charge in [-0.05, 0) is 38.4 Å². The standard InChI is InChI=1S/C11H15N3/c1-14(2)8-7-13-11-5-3-10(9-12)4-6-11/h3-6,13H,7-8H2,1-2H3. The third-order valence-electron chi connectivity index (χ3n) is 1.90. The average Bonchev–Trinajstić information content (AvgIpc) is 2.18. The number of nitriles is 1. The zero-order chi connectivity index (χ0) is 10.4. The van der Waals surface area contributed by atoms with Gasteiger partial charge >= 0.3 is 0 Å². The van der Waals surface area contributed by atoms with Crippen molar-refractivity contribution in [2.24, 2.45) is 0 Å². The maximum Gasteiger partial charge on any atom is 0.0991 e. The van der Waals surface area contributed by atoms with Gasteiger partial charge < -0.3 is 10.2 Å². The van der Waals surface area contributed by atoms with Crippen molar-refractivity contribution in [2.45, 2.75) is 0 Å². The van der Waals surface area contributed by atoms with Crippen LogP contribution in [0.25, 0.3) is 0 Å². The topological polar surface area (TPSA) is 39.1 Å². The largest absolute Gasteiger partial charge is 0.384 e. The van der Waals surface area contributed by atoms with Crippen molar-refractivity contribution in [3.63, 3.8) is 0 Å². The Labute approximate surface area is 85.0 Å². The molecule has 0 amide bonds. The second-order valence-electron chi connectivity index (χ2n) is 3.42. The Kier molecular flexibility index (Phi) is 3.96. The molecule has 0 unspecified atom stereocenters. The van der Waals surface area contributed by atoms with Gasteiger partial charge in [-0.1, -0.05) is 0 Å². The summed E-state index contributed by atoms with van der Waals surface area (Å²) in [4.78, 5) is 2.12. The van der Waals surface area contributed by atoms with E-state index >= 15 is 0 Å². The number of anilines is 1. The summed E-state index contributed by atoms with van der Waals surface area (Å²) in [5, 5.41) is 11.9. The fraction of sp³-hybridized carbons (Fsp3) is 0.364. The Balaban J connectivity index is 2.41. The number of hydrogen-bond donors (Lipinski definition) is 1. The maximum absolute atomic E-state index is 8.60. The predicted molar refractivity (Wildman–Crippen MR) is 58.2 cm³/mol. The highest BCUT2D eigenvalue weighted by atomic mass is 15.1. The molecule has 0 aliphatic heterocycles. The van der Waals surface area contributed by atoms with Crippen LogP contribution in [-0.2, 0) is 0 Å². The maximum atomic E-state index is 8.60. The summed E-state index contributed by atoms with van der Waals surface area (Å²) in [6, 6.07) is 9.58. The van der Waals surface area contributed by atoms with Crippen molar-refractivity contribution in [3.8, 4) is 6.07 Å². The van der Waals surface area contributed by atoms with Gasteiger partial charge in [-0.2, -0.15) is 5.26 Å². The van der Waals surface area contributed by atoms with E-state index < -0.39 is 0 Å². The lowest BCUT2D eigenvalue weighted by atomic mass is 10.2. The summed E-state index contributed by atoms with van der Waals surface area (Å²) in [6.07, 6.45) is 0. The third kappa shape index (κ3) is 3.46. The van der Waals surface area contributed by atoms with E-state index in [2.05, 4.69) is 16.3 Å². The zero-order valence-electron chi connectivity index (χ0n) is 8.62. The van der Waals surface area contributed by atoms with Crippen LogP contribution >= 0.6 is 0 Å². The Morgan fingerprint density at radius 1 is 1.29 bits per heavy atom. The molecule has 3 heteroatoms. The van der Waals surface area contributed by atoms with Gasteiger partial charge in [-0.15, -0.1) is 0 Å². The first kappa shape index (κ1) is 10.6. The quantitative estimate of drug-likeness (QED) is 0.780. The first-order valence-corrected chi connectivity index (χ1v) is 4.61. The van der Waals surface area contributed by atoms with E-state index in [1.807, 2.05) is 38.4 Å². The molecular formula is C11H15N3. The summed E-state index contributed by atoms with van der Waals surface area (Å²) in [5.74, 6) is 0. The molecule has 1 N–H and O–H groups in total. The first-order valence-electron chi connectivity index (χ1n) is 4.61. The Hall–Kier alpha value is -1.53. The van der Waals surface area contributed by atoms with Crippen LogP contribution in [-0.4, -0.2) is 32.1 Å². The molecule has 0 saturated carbocycles. The van der Waals surface area contributed by atoms with Crippen molar-refractivity contribution in [3.05, 3.63) is 29.8 Å². The molecule has 0 atom stereocenters. The number of hydrogen-bond acceptors (Lipinski definition) is 3. The van der Waals surface area contributed by atoms with Crippen LogP contribution in [0.4, 0.5) is 5.69 Å². The van der Waals surface area contributed by atoms with Crippen LogP contribution in [0.2, 0.25) is 0 Å². The van der Waals surface area contributed by atoms with Crippen LogP contribution < -0.4 is 5.32 Å². The van der Waals surface area contributed by atoms with E-state index in [0.29, 0.717) is 5.56 Å². The number of rotatable bonds is 4. The summed E-state index contributed by atoms with van der Waals surface area (Å²) in [6.45, 7) is 1.92. The van der Waals surface area contributed by atoms with Crippen molar-refractivity contribution >= 4 is 5.69 Å². The minimum absolute atomic E-state index is 0.697. The van der Waals surface area contributed by atoms with Crippen LogP contribution in [0.5, 0.6) is 0 Å². The van der Waals surface area contributed by atoms with Crippen LogP contribution in [0.15, 0.2) is 24.3 Å². The predicted octanol–water partition coefficient (Wildman–Crippen LogP) is 1.53. The molecule has 0 fully saturated rings. The van der Waals surface area contributed by atoms with E-state index in [-0.39, 0.29) is 0 Å². The van der Waals surface area contributed by atoms with Gasteiger partial charge in [0.1, 0.15) is 0 Å². The highest BCUT2D eigenvalue weighted by molar-refractivity contribution is 5.47. The fourth-order valence-corrected chi connectivity index (χ4v) is 1.09. The normalized spacial score (nSPS) is 9.86. The zero-order valence-corrected chi connectivity index (χ0v) is 8.62. The molecule has 0 radical (unpaired) electrons. The Morgan fingerprint density at radius 3 is 2.43 bits per heavy atom. The fourth-order valence-electron chi connectivity index (χ4n) is 1.09. The number of likely N-dealkylation sites (N-methyl/N-ethyl adjacent to an activating group) is 1. The number of nitrogens with zero attached hydrogens (tertiary/aromatic N) is 2. The van der Waals surface area contributed by atoms with Crippen molar-refractivity contribution < 1.29 is 0 Å². The van der Waals surface area contributed by atoms with Crippen molar-refractivity contribution in [1.29, 1.82) is 5.26 Å². The van der Waals surface area contributed by atoms with Gasteiger partial charge in [0.15, 0.2) is 0 Å². The molecule has 14 heavy (non-hydrogen) atoms. The minimum Gasteiger partial charge on any atom is -0.384 e. The highest BCUT2D eigenvalue weighted by Gasteiger charge is 1.93. The lowest BCUT2D eigenvalue weighted by Crippen LogP contribution is -2.20. The molecule has 3 nitrogen and oxygen atoms in total. The van der Waals surface area contributed by atoms with E-state index in [4.69, 9.17) is 5.26 Å². The first-order chi connectivity index (χ1) is 6.72. The van der Waals surface area contributed by atoms with Gasteiger partial charge in [0.2, 0.25) is 0 Å². The van der Waals surface area contributed by atoms with Crippen molar-refractivity contribution in [2.75, 3.05) is 32.5 Å². The second kappa shape index (κ2) is 5.25. The molecule has 0 aliphatic rings. The van der Waals surface area contributed by atoms with Crippen molar-refractivity contribution in [1.82, 2.24) is 4.90 Å². The highest BCUT2D eigenvalue weighted by Crippen LogP contribution is 2.07. The average molecular weight is 189 g/mol.